The maximum atomic E-state index is 10.6. The number of fused-ring (bicyclic) bond motifs is 1. The SMILES string of the molecule is O=C(O)C(F)(F)F.O=C(O)C(F)(F)F.O=C(O)C(F)(F)F.O=C(O)C(F)(F)F.c1cnc(N2CCN(c3ncnc4ccc(-c5cn[nH]c5)cc34)CC2)nc1. The van der Waals surface area contributed by atoms with Gasteiger partial charge in [-0.05, 0) is 23.8 Å². The zero-order valence-corrected chi connectivity index (χ0v) is 26.6. The topological polar surface area (TPSA) is 236 Å². The zero-order chi connectivity index (χ0) is 42.4. The van der Waals surface area contributed by atoms with Gasteiger partial charge in [-0.15, -0.1) is 0 Å². The highest BCUT2D eigenvalue weighted by molar-refractivity contribution is 5.93. The summed E-state index contributed by atoms with van der Waals surface area (Å²) in [5.74, 6) is -9.27. The molecule has 1 aromatic carbocycles. The second kappa shape index (κ2) is 19.5. The molecular weight excluding hydrogens is 792 g/mol. The van der Waals surface area contributed by atoms with Gasteiger partial charge in [0.2, 0.25) is 5.95 Å². The fourth-order valence-corrected chi connectivity index (χ4v) is 3.46. The normalized spacial score (nSPS) is 12.9. The predicted molar refractivity (Wildman–Crippen MR) is 158 cm³/mol. The molecule has 1 saturated heterocycles. The van der Waals surface area contributed by atoms with Crippen molar-refractivity contribution in [2.24, 2.45) is 0 Å². The number of nitrogens with one attached hydrogen (secondary N) is 1. The molecule has 0 radical (unpaired) electrons. The van der Waals surface area contributed by atoms with Crippen LogP contribution in [0.15, 0.2) is 55.4 Å². The Balaban J connectivity index is 0.000000442. The van der Waals surface area contributed by atoms with Crippen LogP contribution >= 0.6 is 0 Å². The number of alkyl halides is 12. The lowest BCUT2D eigenvalue weighted by molar-refractivity contribution is -0.193. The summed E-state index contributed by atoms with van der Waals surface area (Å²) >= 11 is 0. The summed E-state index contributed by atoms with van der Waals surface area (Å²) < 4.78 is 127. The molecule has 5 N–H and O–H groups in total. The molecule has 0 spiro atoms. The number of aliphatic carboxylic acids is 4. The molecule has 16 nitrogen and oxygen atoms in total. The van der Waals surface area contributed by atoms with Crippen molar-refractivity contribution in [3.8, 4) is 11.1 Å². The highest BCUT2D eigenvalue weighted by atomic mass is 19.4. The number of carboxylic acid groups (broad SMARTS) is 4. The molecule has 28 heteroatoms. The van der Waals surface area contributed by atoms with Gasteiger partial charge >= 0.3 is 48.6 Å². The molecule has 5 rings (SSSR count). The van der Waals surface area contributed by atoms with E-state index in [4.69, 9.17) is 39.6 Å². The van der Waals surface area contributed by atoms with Crippen molar-refractivity contribution in [3.63, 3.8) is 0 Å². The molecule has 0 aliphatic carbocycles. The minimum atomic E-state index is -5.08. The van der Waals surface area contributed by atoms with Crippen molar-refractivity contribution in [1.82, 2.24) is 30.1 Å². The molecule has 55 heavy (non-hydrogen) atoms. The van der Waals surface area contributed by atoms with Gasteiger partial charge < -0.3 is 30.2 Å². The number of halogens is 12. The summed E-state index contributed by atoms with van der Waals surface area (Å²) in [6.45, 7) is 3.44. The van der Waals surface area contributed by atoms with E-state index in [0.29, 0.717) is 0 Å². The van der Waals surface area contributed by atoms with Crippen molar-refractivity contribution in [2.75, 3.05) is 36.0 Å². The first-order valence-corrected chi connectivity index (χ1v) is 13.9. The fourth-order valence-electron chi connectivity index (χ4n) is 3.46. The lowest BCUT2D eigenvalue weighted by Crippen LogP contribution is -2.47. The van der Waals surface area contributed by atoms with Crippen LogP contribution in [0, 0.1) is 0 Å². The lowest BCUT2D eigenvalue weighted by atomic mass is 10.1. The summed E-state index contributed by atoms with van der Waals surface area (Å²) in [6, 6.07) is 8.08. The van der Waals surface area contributed by atoms with E-state index in [1.54, 1.807) is 18.7 Å². The average Bonchev–Trinajstić information content (AvgIpc) is 3.63. The highest BCUT2D eigenvalue weighted by Crippen LogP contribution is 2.29. The second-order valence-corrected chi connectivity index (χ2v) is 9.65. The van der Waals surface area contributed by atoms with Crippen molar-refractivity contribution in [1.29, 1.82) is 0 Å². The predicted octanol–water partition coefficient (Wildman–Crippen LogP) is 4.67. The molecular formula is C27H22F12N8O8. The smallest absolute Gasteiger partial charge is 0.475 e. The molecule has 1 fully saturated rings. The molecule has 302 valence electrons. The van der Waals surface area contributed by atoms with E-state index in [0.717, 1.165) is 60.0 Å². The first-order chi connectivity index (χ1) is 25.2. The number of aromatic amines is 1. The molecule has 3 aromatic heterocycles. The Morgan fingerprint density at radius 2 is 1.02 bits per heavy atom. The zero-order valence-electron chi connectivity index (χ0n) is 26.6. The number of hydrogen-bond acceptors (Lipinski definition) is 11. The Hall–Kier alpha value is -6.51. The number of aromatic nitrogens is 6. The molecule has 1 aliphatic rings. The van der Waals surface area contributed by atoms with Gasteiger partial charge in [-0.1, -0.05) is 6.07 Å². The number of carboxylic acids is 4. The first-order valence-electron chi connectivity index (χ1n) is 13.9. The van der Waals surface area contributed by atoms with Gasteiger partial charge in [-0.25, -0.2) is 39.1 Å². The Bertz CT molecular complexity index is 1750. The number of piperazine rings is 1. The number of H-pyrrole nitrogens is 1. The van der Waals surface area contributed by atoms with Crippen molar-refractivity contribution >= 4 is 46.5 Å². The van der Waals surface area contributed by atoms with Crippen LogP contribution in [0.2, 0.25) is 0 Å². The third kappa shape index (κ3) is 16.4. The fraction of sp³-hybridized carbons (Fsp3) is 0.296. The second-order valence-electron chi connectivity index (χ2n) is 9.65. The quantitative estimate of drug-likeness (QED) is 0.177. The number of hydrogen-bond donors (Lipinski definition) is 5. The number of nitrogens with zero attached hydrogens (tertiary/aromatic N) is 7. The molecule has 4 heterocycles. The molecule has 0 unspecified atom stereocenters. The number of benzene rings is 1. The minimum Gasteiger partial charge on any atom is -0.475 e. The summed E-state index contributed by atoms with van der Waals surface area (Å²) in [7, 11) is 0. The maximum Gasteiger partial charge on any atom is 0.490 e. The number of carbonyl (C=O) groups is 4. The monoisotopic (exact) mass is 814 g/mol. The molecule has 0 amide bonds. The molecule has 0 bridgehead atoms. The van der Waals surface area contributed by atoms with E-state index in [-0.39, 0.29) is 0 Å². The van der Waals surface area contributed by atoms with Gasteiger partial charge in [-0.3, -0.25) is 5.10 Å². The lowest BCUT2D eigenvalue weighted by Gasteiger charge is -2.35. The van der Waals surface area contributed by atoms with Crippen LogP contribution in [0.5, 0.6) is 0 Å². The van der Waals surface area contributed by atoms with Crippen molar-refractivity contribution in [3.05, 3.63) is 55.4 Å². The Labute approximate surface area is 296 Å². The largest absolute Gasteiger partial charge is 0.490 e. The van der Waals surface area contributed by atoms with Crippen LogP contribution in [-0.4, -0.2) is 125 Å². The van der Waals surface area contributed by atoms with Gasteiger partial charge in [0.25, 0.3) is 0 Å². The molecule has 0 saturated carbocycles. The molecule has 4 aromatic rings. The first kappa shape index (κ1) is 46.5. The van der Waals surface area contributed by atoms with Gasteiger partial charge in [0, 0.05) is 55.7 Å². The van der Waals surface area contributed by atoms with Crippen LogP contribution in [-0.2, 0) is 19.2 Å². The van der Waals surface area contributed by atoms with Gasteiger partial charge in [-0.2, -0.15) is 57.8 Å². The van der Waals surface area contributed by atoms with E-state index in [1.165, 1.54) is 0 Å². The molecule has 1 aliphatic heterocycles. The van der Waals surface area contributed by atoms with Crippen LogP contribution < -0.4 is 9.80 Å². The number of anilines is 2. The highest BCUT2D eigenvalue weighted by Gasteiger charge is 2.40. The van der Waals surface area contributed by atoms with E-state index in [9.17, 15) is 52.7 Å². The van der Waals surface area contributed by atoms with Crippen LogP contribution in [0.1, 0.15) is 0 Å². The van der Waals surface area contributed by atoms with E-state index >= 15 is 0 Å². The maximum absolute atomic E-state index is 10.6. The standard InChI is InChI=1S/C19H18N8.4C2HF3O2/c1-4-20-19(21-5-1)27-8-6-26(7-9-27)18-16-10-14(15-11-24-25-12-15)2-3-17(16)22-13-23-18;4*3-2(4,5)1(6)7/h1-5,10-13H,6-9H2,(H,24,25);4*(H,6,7). The van der Waals surface area contributed by atoms with E-state index in [1.807, 2.05) is 24.5 Å². The third-order valence-corrected chi connectivity index (χ3v) is 5.83. The van der Waals surface area contributed by atoms with Gasteiger partial charge in [0.1, 0.15) is 12.1 Å². The van der Waals surface area contributed by atoms with Crippen LogP contribution in [0.4, 0.5) is 64.5 Å². The Morgan fingerprint density at radius 1 is 0.600 bits per heavy atom. The van der Waals surface area contributed by atoms with Crippen molar-refractivity contribution < 1.29 is 92.3 Å². The Kier molecular flexibility index (Phi) is 16.5. The van der Waals surface area contributed by atoms with Gasteiger partial charge in [0.15, 0.2) is 0 Å². The van der Waals surface area contributed by atoms with Crippen molar-refractivity contribution in [2.45, 2.75) is 24.7 Å². The van der Waals surface area contributed by atoms with E-state index < -0.39 is 48.6 Å². The summed E-state index contributed by atoms with van der Waals surface area (Å²) in [6.07, 6.45) is -11.4. The number of rotatable bonds is 3. The third-order valence-electron chi connectivity index (χ3n) is 5.83. The Morgan fingerprint density at radius 3 is 1.40 bits per heavy atom. The molecule has 0 atom stereocenters. The minimum absolute atomic E-state index is 0.784. The van der Waals surface area contributed by atoms with Crippen LogP contribution in [0.3, 0.4) is 0 Å². The summed E-state index contributed by atoms with van der Waals surface area (Å²) in [4.78, 5) is 57.8. The summed E-state index contributed by atoms with van der Waals surface area (Å²) in [5.41, 5.74) is 3.10. The van der Waals surface area contributed by atoms with Crippen LogP contribution in [0.25, 0.3) is 22.0 Å². The van der Waals surface area contributed by atoms with E-state index in [2.05, 4.69) is 52.1 Å². The average molecular weight is 814 g/mol. The summed E-state index contributed by atoms with van der Waals surface area (Å²) in [5, 5.41) is 36.5. The van der Waals surface area contributed by atoms with Gasteiger partial charge in [0.05, 0.1) is 11.7 Å².